The highest BCUT2D eigenvalue weighted by molar-refractivity contribution is 6.30. The van der Waals surface area contributed by atoms with Crippen LogP contribution in [0.15, 0.2) is 42.5 Å². The third-order valence-electron chi connectivity index (χ3n) is 4.80. The van der Waals surface area contributed by atoms with Crippen molar-refractivity contribution in [2.75, 3.05) is 42.9 Å². The summed E-state index contributed by atoms with van der Waals surface area (Å²) in [5.74, 6) is -0.307. The number of hydrogen-bond acceptors (Lipinski definition) is 4. The van der Waals surface area contributed by atoms with E-state index in [0.29, 0.717) is 10.7 Å². The van der Waals surface area contributed by atoms with Crippen LogP contribution in [0, 0.1) is 13.8 Å². The number of nitrogens with zero attached hydrogens (tertiary/aromatic N) is 2. The molecule has 1 fully saturated rings. The average Bonchev–Trinajstić information content (AvgIpc) is 2.64. The van der Waals surface area contributed by atoms with Gasteiger partial charge in [-0.2, -0.15) is 0 Å². The third-order valence-corrected chi connectivity index (χ3v) is 5.03. The van der Waals surface area contributed by atoms with E-state index >= 15 is 0 Å². The van der Waals surface area contributed by atoms with Crippen molar-refractivity contribution in [3.8, 4) is 0 Å². The number of aryl methyl sites for hydroxylation is 2. The fourth-order valence-corrected chi connectivity index (χ4v) is 3.50. The van der Waals surface area contributed by atoms with Gasteiger partial charge in [-0.3, -0.25) is 15.0 Å². The number of halogens is 1. The number of anilines is 2. The van der Waals surface area contributed by atoms with Gasteiger partial charge >= 0.3 is 6.03 Å². The van der Waals surface area contributed by atoms with Crippen molar-refractivity contribution < 1.29 is 9.59 Å². The largest absolute Gasteiger partial charge is 0.369 e. The first-order chi connectivity index (χ1) is 13.4. The quantitative estimate of drug-likeness (QED) is 0.825. The average molecular weight is 401 g/mol. The lowest BCUT2D eigenvalue weighted by Crippen LogP contribution is -2.50. The number of carbonyl (C=O) groups excluding carboxylic acids is 2. The van der Waals surface area contributed by atoms with Gasteiger partial charge in [0.25, 0.3) is 0 Å². The number of hydrogen-bond donors (Lipinski definition) is 2. The van der Waals surface area contributed by atoms with Gasteiger partial charge in [-0.05, 0) is 43.7 Å². The summed E-state index contributed by atoms with van der Waals surface area (Å²) in [4.78, 5) is 28.6. The number of benzene rings is 2. The summed E-state index contributed by atoms with van der Waals surface area (Å²) >= 11 is 6.06. The molecule has 0 aliphatic carbocycles. The molecule has 0 radical (unpaired) electrons. The summed E-state index contributed by atoms with van der Waals surface area (Å²) in [6.45, 7) is 7.22. The molecule has 0 bridgehead atoms. The van der Waals surface area contributed by atoms with Crippen LogP contribution in [-0.2, 0) is 4.79 Å². The Hall–Kier alpha value is -2.57. The Morgan fingerprint density at radius 3 is 2.46 bits per heavy atom. The van der Waals surface area contributed by atoms with Crippen molar-refractivity contribution in [1.29, 1.82) is 0 Å². The molecule has 1 saturated heterocycles. The van der Waals surface area contributed by atoms with Gasteiger partial charge in [0.05, 0.1) is 6.54 Å². The van der Waals surface area contributed by atoms with Crippen LogP contribution in [-0.4, -0.2) is 49.6 Å². The summed E-state index contributed by atoms with van der Waals surface area (Å²) in [6, 6.07) is 13.0. The smallest absolute Gasteiger partial charge is 0.325 e. The first kappa shape index (κ1) is 20.2. The Morgan fingerprint density at radius 2 is 1.79 bits per heavy atom. The van der Waals surface area contributed by atoms with Crippen molar-refractivity contribution >= 4 is 34.9 Å². The van der Waals surface area contributed by atoms with E-state index in [4.69, 9.17) is 11.6 Å². The van der Waals surface area contributed by atoms with Crippen molar-refractivity contribution in [3.63, 3.8) is 0 Å². The van der Waals surface area contributed by atoms with Gasteiger partial charge in [-0.15, -0.1) is 0 Å². The second-order valence-corrected chi connectivity index (χ2v) is 7.50. The first-order valence-corrected chi connectivity index (χ1v) is 9.69. The number of nitrogens with one attached hydrogen (secondary N) is 2. The van der Waals surface area contributed by atoms with E-state index in [1.165, 1.54) is 0 Å². The molecule has 2 aromatic carbocycles. The van der Waals surface area contributed by atoms with E-state index in [1.54, 1.807) is 0 Å². The Balaban J connectivity index is 1.44. The molecule has 1 heterocycles. The molecule has 3 amide bonds. The van der Waals surface area contributed by atoms with Crippen LogP contribution in [0.5, 0.6) is 0 Å². The molecule has 0 spiro atoms. The van der Waals surface area contributed by atoms with Gasteiger partial charge < -0.3 is 10.2 Å². The van der Waals surface area contributed by atoms with Crippen LogP contribution in [0.1, 0.15) is 11.1 Å². The highest BCUT2D eigenvalue weighted by atomic mass is 35.5. The molecule has 1 aliphatic rings. The van der Waals surface area contributed by atoms with Gasteiger partial charge in [0.1, 0.15) is 0 Å². The normalized spacial score (nSPS) is 14.6. The van der Waals surface area contributed by atoms with E-state index in [1.807, 2.05) is 61.2 Å². The molecule has 6 nitrogen and oxygen atoms in total. The van der Waals surface area contributed by atoms with Gasteiger partial charge in [-0.25, -0.2) is 4.79 Å². The molecular formula is C21H25ClN4O2. The monoisotopic (exact) mass is 400 g/mol. The van der Waals surface area contributed by atoms with E-state index in [-0.39, 0.29) is 12.5 Å². The maximum absolute atomic E-state index is 12.2. The second-order valence-electron chi connectivity index (χ2n) is 7.06. The van der Waals surface area contributed by atoms with Crippen molar-refractivity contribution in [2.24, 2.45) is 0 Å². The lowest BCUT2D eigenvalue weighted by atomic mass is 10.1. The number of piperazine rings is 1. The fourth-order valence-electron chi connectivity index (χ4n) is 3.31. The number of rotatable bonds is 4. The van der Waals surface area contributed by atoms with Crippen LogP contribution in [0.3, 0.4) is 0 Å². The lowest BCUT2D eigenvalue weighted by Gasteiger charge is -2.35. The molecule has 148 valence electrons. The minimum atomic E-state index is -0.505. The zero-order chi connectivity index (χ0) is 20.1. The van der Waals surface area contributed by atoms with Gasteiger partial charge in [-0.1, -0.05) is 35.4 Å². The van der Waals surface area contributed by atoms with E-state index in [9.17, 15) is 9.59 Å². The van der Waals surface area contributed by atoms with Crippen molar-refractivity contribution in [2.45, 2.75) is 13.8 Å². The Bertz CT molecular complexity index is 863. The number of urea groups is 1. The highest BCUT2D eigenvalue weighted by Gasteiger charge is 2.20. The molecule has 3 rings (SSSR count). The fraction of sp³-hybridized carbons (Fsp3) is 0.333. The van der Waals surface area contributed by atoms with Crippen LogP contribution in [0.25, 0.3) is 0 Å². The summed E-state index contributed by atoms with van der Waals surface area (Å²) in [5, 5.41) is 5.85. The molecule has 2 N–H and O–H groups in total. The Kier molecular flexibility index (Phi) is 6.54. The zero-order valence-electron chi connectivity index (χ0n) is 16.2. The van der Waals surface area contributed by atoms with Gasteiger partial charge in [0.15, 0.2) is 0 Å². The summed E-state index contributed by atoms with van der Waals surface area (Å²) in [7, 11) is 0. The molecular weight excluding hydrogens is 376 g/mol. The van der Waals surface area contributed by atoms with E-state index in [0.717, 1.165) is 43.0 Å². The maximum Gasteiger partial charge on any atom is 0.325 e. The maximum atomic E-state index is 12.2. The van der Waals surface area contributed by atoms with Crippen LogP contribution >= 0.6 is 11.6 Å². The molecule has 28 heavy (non-hydrogen) atoms. The first-order valence-electron chi connectivity index (χ1n) is 9.31. The second kappa shape index (κ2) is 9.08. The number of imide groups is 1. The predicted octanol–water partition coefficient (Wildman–Crippen LogP) is 3.43. The van der Waals surface area contributed by atoms with Gasteiger partial charge in [0.2, 0.25) is 5.91 Å². The molecule has 0 saturated carbocycles. The topological polar surface area (TPSA) is 64.7 Å². The summed E-state index contributed by atoms with van der Waals surface area (Å²) in [5.41, 5.74) is 3.87. The Labute approximate surface area is 170 Å². The van der Waals surface area contributed by atoms with E-state index in [2.05, 4.69) is 15.5 Å². The van der Waals surface area contributed by atoms with Crippen LogP contribution < -0.4 is 15.5 Å². The lowest BCUT2D eigenvalue weighted by molar-refractivity contribution is -0.121. The Morgan fingerprint density at radius 1 is 1.04 bits per heavy atom. The van der Waals surface area contributed by atoms with Crippen molar-refractivity contribution in [3.05, 3.63) is 58.6 Å². The summed E-state index contributed by atoms with van der Waals surface area (Å²) < 4.78 is 0. The minimum Gasteiger partial charge on any atom is -0.369 e. The SMILES string of the molecule is Cc1ccc(NC(=O)NC(=O)CN2CCN(c3cccc(Cl)c3)CC2)c(C)c1. The molecule has 1 aliphatic heterocycles. The standard InChI is InChI=1S/C21H25ClN4O2/c1-15-6-7-19(16(2)12-15)23-21(28)24-20(27)14-25-8-10-26(11-9-25)18-5-3-4-17(22)13-18/h3-7,12-13H,8-11,14H2,1-2H3,(H2,23,24,27,28). The summed E-state index contributed by atoms with van der Waals surface area (Å²) in [6.07, 6.45) is 0. The predicted molar refractivity (Wildman–Crippen MR) is 113 cm³/mol. The van der Waals surface area contributed by atoms with E-state index < -0.39 is 6.03 Å². The third kappa shape index (κ3) is 5.47. The minimum absolute atomic E-state index is 0.198. The molecule has 0 aromatic heterocycles. The molecule has 0 unspecified atom stereocenters. The molecule has 7 heteroatoms. The van der Waals surface area contributed by atoms with Crippen LogP contribution in [0.4, 0.5) is 16.2 Å². The van der Waals surface area contributed by atoms with Crippen molar-refractivity contribution in [1.82, 2.24) is 10.2 Å². The highest BCUT2D eigenvalue weighted by Crippen LogP contribution is 2.20. The van der Waals surface area contributed by atoms with Gasteiger partial charge in [0, 0.05) is 42.6 Å². The van der Waals surface area contributed by atoms with Crippen LogP contribution in [0.2, 0.25) is 5.02 Å². The number of amides is 3. The zero-order valence-corrected chi connectivity index (χ0v) is 16.9. The molecule has 0 atom stereocenters. The molecule has 2 aromatic rings. The number of carbonyl (C=O) groups is 2.